The molecule has 1 aliphatic heterocycles. The summed E-state index contributed by atoms with van der Waals surface area (Å²) in [5.41, 5.74) is 0.856. The van der Waals surface area contributed by atoms with Crippen molar-refractivity contribution in [1.82, 2.24) is 4.31 Å². The molecule has 19 heavy (non-hydrogen) atoms. The molecule has 2 atom stereocenters. The first-order chi connectivity index (χ1) is 8.82. The Morgan fingerprint density at radius 1 is 1.47 bits per heavy atom. The van der Waals surface area contributed by atoms with E-state index < -0.39 is 16.1 Å². The number of sulfonamides is 1. The predicted molar refractivity (Wildman–Crippen MR) is 74.7 cm³/mol. The highest BCUT2D eigenvalue weighted by atomic mass is 35.5. The van der Waals surface area contributed by atoms with Crippen LogP contribution in [0.15, 0.2) is 23.1 Å². The molecule has 6 heteroatoms. The van der Waals surface area contributed by atoms with Gasteiger partial charge in [-0.3, -0.25) is 0 Å². The summed E-state index contributed by atoms with van der Waals surface area (Å²) in [6.45, 7) is 4.31. The van der Waals surface area contributed by atoms with Crippen molar-refractivity contribution in [3.63, 3.8) is 0 Å². The van der Waals surface area contributed by atoms with Crippen molar-refractivity contribution in [3.05, 3.63) is 28.8 Å². The minimum atomic E-state index is -3.57. The number of halogens is 1. The highest BCUT2D eigenvalue weighted by Gasteiger charge is 2.35. The van der Waals surface area contributed by atoms with Crippen LogP contribution in [0.25, 0.3) is 0 Å². The summed E-state index contributed by atoms with van der Waals surface area (Å²) in [6, 6.07) is 4.98. The summed E-state index contributed by atoms with van der Waals surface area (Å²) in [4.78, 5) is 0.153. The third-order valence-electron chi connectivity index (χ3n) is 3.57. The number of hydrogen-bond donors (Lipinski definition) is 1. The molecule has 2 rings (SSSR count). The van der Waals surface area contributed by atoms with Crippen molar-refractivity contribution in [2.75, 3.05) is 13.1 Å². The molecule has 0 radical (unpaired) electrons. The van der Waals surface area contributed by atoms with Gasteiger partial charge in [-0.15, -0.1) is 0 Å². The van der Waals surface area contributed by atoms with Crippen LogP contribution in [0.3, 0.4) is 0 Å². The van der Waals surface area contributed by atoms with Gasteiger partial charge < -0.3 is 5.11 Å². The van der Waals surface area contributed by atoms with Crippen molar-refractivity contribution in [1.29, 1.82) is 0 Å². The quantitative estimate of drug-likeness (QED) is 0.929. The van der Waals surface area contributed by atoms with Crippen LogP contribution in [0, 0.1) is 12.8 Å². The maximum atomic E-state index is 12.5. The van der Waals surface area contributed by atoms with E-state index in [0.29, 0.717) is 19.5 Å². The second-order valence-electron chi connectivity index (χ2n) is 5.09. The van der Waals surface area contributed by atoms with E-state index in [1.807, 2.05) is 6.92 Å². The van der Waals surface area contributed by atoms with E-state index in [4.69, 9.17) is 11.6 Å². The fraction of sp³-hybridized carbons (Fsp3) is 0.538. The summed E-state index contributed by atoms with van der Waals surface area (Å²) in [5, 5.41) is 9.80. The lowest BCUT2D eigenvalue weighted by molar-refractivity contribution is 0.133. The van der Waals surface area contributed by atoms with Gasteiger partial charge in [-0.1, -0.05) is 17.7 Å². The molecule has 1 N–H and O–H groups in total. The molecule has 1 aromatic carbocycles. The number of aliphatic hydroxyl groups is 1. The van der Waals surface area contributed by atoms with E-state index in [1.54, 1.807) is 25.1 Å². The number of hydrogen-bond acceptors (Lipinski definition) is 3. The Morgan fingerprint density at radius 3 is 2.74 bits per heavy atom. The Bertz CT molecular complexity index is 571. The van der Waals surface area contributed by atoms with Crippen LogP contribution in [0.2, 0.25) is 5.02 Å². The minimum absolute atomic E-state index is 0.00152. The van der Waals surface area contributed by atoms with Crippen LogP contribution >= 0.6 is 11.6 Å². The van der Waals surface area contributed by atoms with Gasteiger partial charge in [0.05, 0.1) is 11.1 Å². The van der Waals surface area contributed by atoms with Gasteiger partial charge in [0.15, 0.2) is 0 Å². The van der Waals surface area contributed by atoms with E-state index in [-0.39, 0.29) is 15.8 Å². The van der Waals surface area contributed by atoms with Gasteiger partial charge >= 0.3 is 0 Å². The molecular weight excluding hydrogens is 286 g/mol. The van der Waals surface area contributed by atoms with Gasteiger partial charge in [-0.25, -0.2) is 8.42 Å². The van der Waals surface area contributed by atoms with Gasteiger partial charge in [0, 0.05) is 13.1 Å². The van der Waals surface area contributed by atoms with Gasteiger partial charge in [0.2, 0.25) is 10.0 Å². The fourth-order valence-corrected chi connectivity index (χ4v) is 4.38. The zero-order valence-electron chi connectivity index (χ0n) is 11.0. The van der Waals surface area contributed by atoms with Crippen LogP contribution in [0.4, 0.5) is 0 Å². The van der Waals surface area contributed by atoms with Crippen molar-refractivity contribution in [2.45, 2.75) is 31.3 Å². The zero-order valence-corrected chi connectivity index (χ0v) is 12.6. The lowest BCUT2D eigenvalue weighted by Gasteiger charge is -2.18. The highest BCUT2D eigenvalue weighted by Crippen LogP contribution is 2.30. The molecule has 106 valence electrons. The van der Waals surface area contributed by atoms with E-state index in [9.17, 15) is 13.5 Å². The molecule has 1 saturated heterocycles. The van der Waals surface area contributed by atoms with E-state index in [1.165, 1.54) is 4.31 Å². The summed E-state index contributed by atoms with van der Waals surface area (Å²) in [5.74, 6) is -0.00152. The van der Waals surface area contributed by atoms with E-state index in [2.05, 4.69) is 0 Å². The monoisotopic (exact) mass is 303 g/mol. The first-order valence-corrected chi connectivity index (χ1v) is 8.08. The topological polar surface area (TPSA) is 57.6 Å². The molecule has 1 aromatic rings. The molecular formula is C13H18ClNO3S. The smallest absolute Gasteiger partial charge is 0.244 e. The lowest BCUT2D eigenvalue weighted by Crippen LogP contribution is -2.30. The maximum absolute atomic E-state index is 12.5. The van der Waals surface area contributed by atoms with Crippen molar-refractivity contribution in [2.24, 2.45) is 5.92 Å². The molecule has 0 spiro atoms. The number of nitrogens with zero attached hydrogens (tertiary/aromatic N) is 1. The van der Waals surface area contributed by atoms with Crippen LogP contribution in [0.1, 0.15) is 18.9 Å². The summed E-state index contributed by atoms with van der Waals surface area (Å²) >= 11 is 6.00. The molecule has 1 fully saturated rings. The average molecular weight is 304 g/mol. The Balaban J connectivity index is 2.31. The number of benzene rings is 1. The van der Waals surface area contributed by atoms with Crippen LogP contribution in [0.5, 0.6) is 0 Å². The number of aryl methyl sites for hydroxylation is 1. The predicted octanol–water partition coefficient (Wildman–Crippen LogP) is 2.04. The van der Waals surface area contributed by atoms with Crippen LogP contribution in [-0.2, 0) is 10.0 Å². The van der Waals surface area contributed by atoms with Crippen LogP contribution < -0.4 is 0 Å². The molecule has 1 heterocycles. The largest absolute Gasteiger partial charge is 0.393 e. The van der Waals surface area contributed by atoms with Crippen molar-refractivity contribution in [3.8, 4) is 0 Å². The lowest BCUT2D eigenvalue weighted by atomic mass is 10.0. The molecule has 2 unspecified atom stereocenters. The number of rotatable bonds is 3. The highest BCUT2D eigenvalue weighted by molar-refractivity contribution is 7.89. The molecule has 0 bridgehead atoms. The fourth-order valence-electron chi connectivity index (χ4n) is 2.31. The molecule has 0 amide bonds. The van der Waals surface area contributed by atoms with E-state index in [0.717, 1.165) is 5.56 Å². The SMILES string of the molecule is Cc1ccc(Cl)c(S(=O)(=O)N2CCC(C(C)O)C2)c1. The van der Waals surface area contributed by atoms with Gasteiger partial charge in [-0.05, 0) is 43.9 Å². The Kier molecular flexibility index (Phi) is 4.20. The standard InChI is InChI=1S/C13H18ClNO3S/c1-9-3-4-12(14)13(7-9)19(17,18)15-6-5-11(8-15)10(2)16/h3-4,7,10-11,16H,5-6,8H2,1-2H3. The van der Waals surface area contributed by atoms with Crippen LogP contribution in [-0.4, -0.2) is 37.0 Å². The van der Waals surface area contributed by atoms with E-state index >= 15 is 0 Å². The van der Waals surface area contributed by atoms with Gasteiger partial charge in [0.25, 0.3) is 0 Å². The second-order valence-corrected chi connectivity index (χ2v) is 7.40. The average Bonchev–Trinajstić information content (AvgIpc) is 2.82. The normalized spacial score (nSPS) is 22.6. The molecule has 1 aliphatic rings. The molecule has 4 nitrogen and oxygen atoms in total. The summed E-state index contributed by atoms with van der Waals surface area (Å²) in [7, 11) is -3.57. The third-order valence-corrected chi connectivity index (χ3v) is 5.92. The molecule has 0 saturated carbocycles. The van der Waals surface area contributed by atoms with Crippen molar-refractivity contribution < 1.29 is 13.5 Å². The third kappa shape index (κ3) is 2.94. The number of aliphatic hydroxyl groups excluding tert-OH is 1. The van der Waals surface area contributed by atoms with Gasteiger partial charge in [0.1, 0.15) is 4.90 Å². The first kappa shape index (κ1) is 14.8. The summed E-state index contributed by atoms with van der Waals surface area (Å²) < 4.78 is 26.5. The zero-order chi connectivity index (χ0) is 14.2. The summed E-state index contributed by atoms with van der Waals surface area (Å²) in [6.07, 6.45) is 0.188. The second kappa shape index (κ2) is 5.40. The van der Waals surface area contributed by atoms with Gasteiger partial charge in [-0.2, -0.15) is 4.31 Å². The molecule has 0 aliphatic carbocycles. The minimum Gasteiger partial charge on any atom is -0.393 e. The Hall–Kier alpha value is -0.620. The Labute approximate surface area is 119 Å². The Morgan fingerprint density at radius 2 is 2.16 bits per heavy atom. The first-order valence-electron chi connectivity index (χ1n) is 6.26. The van der Waals surface area contributed by atoms with Crippen molar-refractivity contribution >= 4 is 21.6 Å². The maximum Gasteiger partial charge on any atom is 0.244 e. The molecule has 0 aromatic heterocycles.